The zero-order valence-electron chi connectivity index (χ0n) is 9.52. The summed E-state index contributed by atoms with van der Waals surface area (Å²) in [6.45, 7) is 5.72. The molecule has 1 aliphatic heterocycles. The van der Waals surface area contributed by atoms with Gasteiger partial charge in [-0.15, -0.1) is 11.6 Å². The summed E-state index contributed by atoms with van der Waals surface area (Å²) < 4.78 is 9.92. The fraction of sp³-hybridized carbons (Fsp3) is 0.800. The number of aromatic nitrogens is 2. The highest BCUT2D eigenvalue weighted by Crippen LogP contribution is 2.24. The van der Waals surface area contributed by atoms with E-state index in [9.17, 15) is 0 Å². The number of alkyl halides is 1. The van der Waals surface area contributed by atoms with Gasteiger partial charge >= 0.3 is 0 Å². The SMILES string of the molecule is CCc1nsc(N2CC(CCl)OCC2C)n1. The zero-order valence-corrected chi connectivity index (χ0v) is 11.1. The summed E-state index contributed by atoms with van der Waals surface area (Å²) in [6, 6.07) is 0.345. The van der Waals surface area contributed by atoms with Crippen molar-refractivity contribution in [2.75, 3.05) is 23.9 Å². The number of morpholine rings is 1. The Labute approximate surface area is 105 Å². The Hall–Kier alpha value is -0.390. The van der Waals surface area contributed by atoms with Crippen LogP contribution in [0.2, 0.25) is 0 Å². The monoisotopic (exact) mass is 261 g/mol. The third kappa shape index (κ3) is 2.47. The van der Waals surface area contributed by atoms with E-state index in [1.165, 1.54) is 11.5 Å². The third-order valence-electron chi connectivity index (χ3n) is 2.70. The van der Waals surface area contributed by atoms with E-state index < -0.39 is 0 Å². The highest BCUT2D eigenvalue weighted by atomic mass is 35.5. The summed E-state index contributed by atoms with van der Waals surface area (Å²) in [7, 11) is 0. The number of hydrogen-bond donors (Lipinski definition) is 0. The van der Waals surface area contributed by atoms with E-state index in [4.69, 9.17) is 16.3 Å². The maximum absolute atomic E-state index is 5.83. The van der Waals surface area contributed by atoms with E-state index in [0.29, 0.717) is 18.5 Å². The van der Waals surface area contributed by atoms with Gasteiger partial charge in [-0.25, -0.2) is 4.98 Å². The minimum Gasteiger partial charge on any atom is -0.373 e. The fourth-order valence-electron chi connectivity index (χ4n) is 1.68. The largest absolute Gasteiger partial charge is 0.373 e. The van der Waals surface area contributed by atoms with Crippen LogP contribution in [0.4, 0.5) is 5.13 Å². The van der Waals surface area contributed by atoms with E-state index in [1.807, 2.05) is 0 Å². The predicted octanol–water partition coefficient (Wildman–Crippen LogP) is 1.93. The van der Waals surface area contributed by atoms with Crippen molar-refractivity contribution in [3.63, 3.8) is 0 Å². The van der Waals surface area contributed by atoms with Gasteiger partial charge in [-0.1, -0.05) is 6.92 Å². The van der Waals surface area contributed by atoms with Crippen molar-refractivity contribution in [1.82, 2.24) is 9.36 Å². The lowest BCUT2D eigenvalue weighted by Gasteiger charge is -2.36. The molecule has 2 heterocycles. The number of aryl methyl sites for hydroxylation is 1. The Morgan fingerprint density at radius 2 is 2.44 bits per heavy atom. The molecule has 0 spiro atoms. The fourth-order valence-corrected chi connectivity index (χ4v) is 2.73. The molecule has 2 unspecified atom stereocenters. The lowest BCUT2D eigenvalue weighted by molar-refractivity contribution is 0.0364. The highest BCUT2D eigenvalue weighted by molar-refractivity contribution is 7.09. The Balaban J connectivity index is 2.11. The van der Waals surface area contributed by atoms with Crippen molar-refractivity contribution in [2.24, 2.45) is 0 Å². The maximum Gasteiger partial charge on any atom is 0.205 e. The van der Waals surface area contributed by atoms with Crippen LogP contribution in [0.3, 0.4) is 0 Å². The molecule has 90 valence electrons. The Morgan fingerprint density at radius 3 is 3.06 bits per heavy atom. The quantitative estimate of drug-likeness (QED) is 0.780. The topological polar surface area (TPSA) is 38.2 Å². The first-order valence-corrected chi connectivity index (χ1v) is 6.82. The molecule has 4 nitrogen and oxygen atoms in total. The number of halogens is 1. The number of anilines is 1. The molecule has 0 amide bonds. The van der Waals surface area contributed by atoms with Crippen LogP contribution < -0.4 is 4.90 Å². The van der Waals surface area contributed by atoms with Gasteiger partial charge in [-0.05, 0) is 6.92 Å². The summed E-state index contributed by atoms with van der Waals surface area (Å²) in [5.41, 5.74) is 0. The average molecular weight is 262 g/mol. The van der Waals surface area contributed by atoms with Gasteiger partial charge in [0, 0.05) is 24.5 Å². The van der Waals surface area contributed by atoms with Gasteiger partial charge in [0.05, 0.1) is 24.6 Å². The summed E-state index contributed by atoms with van der Waals surface area (Å²) in [5, 5.41) is 0.989. The molecule has 0 aliphatic carbocycles. The lowest BCUT2D eigenvalue weighted by atomic mass is 10.2. The lowest BCUT2D eigenvalue weighted by Crippen LogP contribution is -2.49. The number of ether oxygens (including phenoxy) is 1. The molecule has 1 aromatic heterocycles. The van der Waals surface area contributed by atoms with E-state index in [2.05, 4.69) is 28.1 Å². The first-order valence-electron chi connectivity index (χ1n) is 5.51. The highest BCUT2D eigenvalue weighted by Gasteiger charge is 2.27. The number of hydrogen-bond acceptors (Lipinski definition) is 5. The van der Waals surface area contributed by atoms with Crippen molar-refractivity contribution < 1.29 is 4.74 Å². The van der Waals surface area contributed by atoms with Gasteiger partial charge in [0.25, 0.3) is 0 Å². The molecule has 6 heteroatoms. The first-order chi connectivity index (χ1) is 7.74. The van der Waals surface area contributed by atoms with Gasteiger partial charge in [-0.3, -0.25) is 0 Å². The zero-order chi connectivity index (χ0) is 11.5. The van der Waals surface area contributed by atoms with Gasteiger partial charge in [0.1, 0.15) is 5.82 Å². The van der Waals surface area contributed by atoms with Gasteiger partial charge in [0.2, 0.25) is 5.13 Å². The molecule has 1 aliphatic rings. The van der Waals surface area contributed by atoms with Gasteiger partial charge in [-0.2, -0.15) is 4.37 Å². The predicted molar refractivity (Wildman–Crippen MR) is 66.6 cm³/mol. The van der Waals surface area contributed by atoms with E-state index in [-0.39, 0.29) is 6.10 Å². The first kappa shape index (κ1) is 12.1. The van der Waals surface area contributed by atoms with Crippen molar-refractivity contribution in [3.05, 3.63) is 5.82 Å². The second-order valence-corrected chi connectivity index (χ2v) is 5.00. The van der Waals surface area contributed by atoms with E-state index in [0.717, 1.165) is 23.9 Å². The van der Waals surface area contributed by atoms with Crippen molar-refractivity contribution in [2.45, 2.75) is 32.4 Å². The van der Waals surface area contributed by atoms with Gasteiger partial charge < -0.3 is 9.64 Å². The van der Waals surface area contributed by atoms with Crippen molar-refractivity contribution >= 4 is 28.3 Å². The number of rotatable bonds is 3. The molecule has 1 saturated heterocycles. The van der Waals surface area contributed by atoms with Gasteiger partial charge in [0.15, 0.2) is 0 Å². The minimum absolute atomic E-state index is 0.104. The third-order valence-corrected chi connectivity index (χ3v) is 3.83. The Bertz CT molecular complexity index is 347. The molecule has 1 aromatic rings. The van der Waals surface area contributed by atoms with Crippen LogP contribution >= 0.6 is 23.1 Å². The van der Waals surface area contributed by atoms with Crippen LogP contribution in [-0.2, 0) is 11.2 Å². The maximum atomic E-state index is 5.83. The molecule has 0 N–H and O–H groups in total. The van der Waals surface area contributed by atoms with E-state index >= 15 is 0 Å². The molecule has 1 fully saturated rings. The van der Waals surface area contributed by atoms with Crippen molar-refractivity contribution in [3.8, 4) is 0 Å². The second kappa shape index (κ2) is 5.29. The molecule has 0 radical (unpaired) electrons. The van der Waals surface area contributed by atoms with E-state index in [1.54, 1.807) is 0 Å². The normalized spacial score (nSPS) is 26.1. The summed E-state index contributed by atoms with van der Waals surface area (Å²) in [6.07, 6.45) is 0.987. The molecule has 0 bridgehead atoms. The molecular weight excluding hydrogens is 246 g/mol. The molecule has 16 heavy (non-hydrogen) atoms. The molecule has 2 rings (SSSR count). The van der Waals surface area contributed by atoms with Crippen LogP contribution in [0.15, 0.2) is 0 Å². The average Bonchev–Trinajstić information content (AvgIpc) is 2.78. The van der Waals surface area contributed by atoms with Crippen LogP contribution in [0, 0.1) is 0 Å². The standard InChI is InChI=1S/C10H16ClN3OS/c1-3-9-12-10(16-13-9)14-5-8(4-11)15-6-7(14)2/h7-8H,3-6H2,1-2H3. The molecule has 2 atom stereocenters. The van der Waals surface area contributed by atoms with Crippen molar-refractivity contribution in [1.29, 1.82) is 0 Å². The van der Waals surface area contributed by atoms with Crippen LogP contribution in [0.1, 0.15) is 19.7 Å². The molecular formula is C10H16ClN3OS. The van der Waals surface area contributed by atoms with Crippen LogP contribution in [0.5, 0.6) is 0 Å². The molecule has 0 aromatic carbocycles. The van der Waals surface area contributed by atoms with Crippen LogP contribution in [-0.4, -0.2) is 40.5 Å². The molecule has 0 saturated carbocycles. The summed E-state index contributed by atoms with van der Waals surface area (Å²) in [5.74, 6) is 1.45. The Morgan fingerprint density at radius 1 is 1.62 bits per heavy atom. The smallest absolute Gasteiger partial charge is 0.205 e. The summed E-state index contributed by atoms with van der Waals surface area (Å²) in [4.78, 5) is 6.75. The summed E-state index contributed by atoms with van der Waals surface area (Å²) >= 11 is 7.29. The van der Waals surface area contributed by atoms with Crippen LogP contribution in [0.25, 0.3) is 0 Å². The number of nitrogens with zero attached hydrogens (tertiary/aromatic N) is 3. The minimum atomic E-state index is 0.104. The Kier molecular flexibility index (Phi) is 4.00. The second-order valence-electron chi connectivity index (χ2n) is 3.96.